The highest BCUT2D eigenvalue weighted by molar-refractivity contribution is 5.78. The number of rotatable bonds is 5. The Morgan fingerprint density at radius 2 is 1.94 bits per heavy atom. The molecular weight excluding hydrogens is 216 g/mol. The van der Waals surface area contributed by atoms with Crippen molar-refractivity contribution in [2.75, 3.05) is 13.7 Å². The first kappa shape index (κ1) is 13.5. The molecule has 0 aliphatic rings. The quantitative estimate of drug-likeness (QED) is 0.813. The van der Waals surface area contributed by atoms with E-state index in [1.807, 2.05) is 38.1 Å². The van der Waals surface area contributed by atoms with Crippen LogP contribution in [0.25, 0.3) is 0 Å². The summed E-state index contributed by atoms with van der Waals surface area (Å²) in [5, 5.41) is 2.92. The zero-order valence-corrected chi connectivity index (χ0v) is 10.6. The van der Waals surface area contributed by atoms with Crippen LogP contribution in [0.3, 0.4) is 0 Å². The van der Waals surface area contributed by atoms with E-state index in [2.05, 4.69) is 5.32 Å². The minimum atomic E-state index is -0.157. The van der Waals surface area contributed by atoms with Gasteiger partial charge in [0.05, 0.1) is 13.2 Å². The maximum Gasteiger partial charge on any atom is 0.224 e. The van der Waals surface area contributed by atoms with Crippen LogP contribution in [0.1, 0.15) is 25.5 Å². The van der Waals surface area contributed by atoms with E-state index in [0.29, 0.717) is 6.54 Å². The largest absolute Gasteiger partial charge is 0.497 e. The normalized spacial score (nSPS) is 13.9. The second-order valence-corrected chi connectivity index (χ2v) is 4.14. The molecule has 0 saturated heterocycles. The fraction of sp³-hybridized carbons (Fsp3) is 0.462. The topological polar surface area (TPSA) is 64.3 Å². The van der Waals surface area contributed by atoms with E-state index < -0.39 is 0 Å². The van der Waals surface area contributed by atoms with Crippen LogP contribution in [0, 0.1) is 5.92 Å². The Bertz CT molecular complexity index is 362. The maximum atomic E-state index is 11.7. The summed E-state index contributed by atoms with van der Waals surface area (Å²) >= 11 is 0. The minimum absolute atomic E-state index is 0.0178. The number of amides is 1. The summed E-state index contributed by atoms with van der Waals surface area (Å²) in [6.45, 7) is 4.13. The monoisotopic (exact) mass is 236 g/mol. The summed E-state index contributed by atoms with van der Waals surface area (Å²) in [5.41, 5.74) is 6.49. The van der Waals surface area contributed by atoms with Gasteiger partial charge in [0.2, 0.25) is 5.91 Å². The Labute approximate surface area is 102 Å². The number of ether oxygens (including phenoxy) is 1. The van der Waals surface area contributed by atoms with Crippen LogP contribution in [-0.2, 0) is 4.79 Å². The SMILES string of the molecule is COc1ccc([C@H](C)NC(=O)C(C)CN)cc1. The van der Waals surface area contributed by atoms with Crippen molar-refractivity contribution < 1.29 is 9.53 Å². The van der Waals surface area contributed by atoms with Crippen molar-refractivity contribution >= 4 is 5.91 Å². The first-order valence-corrected chi connectivity index (χ1v) is 5.73. The molecule has 0 aliphatic heterocycles. The van der Waals surface area contributed by atoms with Crippen molar-refractivity contribution in [3.63, 3.8) is 0 Å². The first-order chi connectivity index (χ1) is 8.08. The number of carbonyl (C=O) groups excluding carboxylic acids is 1. The third-order valence-electron chi connectivity index (χ3n) is 2.78. The highest BCUT2D eigenvalue weighted by Crippen LogP contribution is 2.17. The van der Waals surface area contributed by atoms with Crippen molar-refractivity contribution in [2.45, 2.75) is 19.9 Å². The lowest BCUT2D eigenvalue weighted by Gasteiger charge is -2.17. The molecule has 1 unspecified atom stereocenters. The molecule has 1 aromatic rings. The second-order valence-electron chi connectivity index (χ2n) is 4.14. The first-order valence-electron chi connectivity index (χ1n) is 5.73. The zero-order valence-electron chi connectivity index (χ0n) is 10.6. The molecule has 0 aromatic heterocycles. The van der Waals surface area contributed by atoms with Crippen LogP contribution < -0.4 is 15.8 Å². The Kier molecular flexibility index (Phi) is 4.97. The maximum absolute atomic E-state index is 11.7. The predicted molar refractivity (Wildman–Crippen MR) is 67.8 cm³/mol. The lowest BCUT2D eigenvalue weighted by Crippen LogP contribution is -2.34. The average molecular weight is 236 g/mol. The van der Waals surface area contributed by atoms with Crippen LogP contribution in [0.5, 0.6) is 5.75 Å². The smallest absolute Gasteiger partial charge is 0.224 e. The Morgan fingerprint density at radius 1 is 1.35 bits per heavy atom. The van der Waals surface area contributed by atoms with Gasteiger partial charge in [-0.2, -0.15) is 0 Å². The number of nitrogens with one attached hydrogen (secondary N) is 1. The third kappa shape index (κ3) is 3.75. The molecule has 0 aliphatic carbocycles. The predicted octanol–water partition coefficient (Wildman–Crippen LogP) is 1.47. The van der Waals surface area contributed by atoms with E-state index in [9.17, 15) is 4.79 Å². The molecule has 1 rings (SSSR count). The highest BCUT2D eigenvalue weighted by atomic mass is 16.5. The second kappa shape index (κ2) is 6.25. The number of hydrogen-bond acceptors (Lipinski definition) is 3. The van der Waals surface area contributed by atoms with Crippen molar-refractivity contribution in [3.8, 4) is 5.75 Å². The minimum Gasteiger partial charge on any atom is -0.497 e. The van der Waals surface area contributed by atoms with Crippen molar-refractivity contribution in [1.82, 2.24) is 5.32 Å². The molecule has 0 saturated carbocycles. The van der Waals surface area contributed by atoms with Gasteiger partial charge >= 0.3 is 0 Å². The highest BCUT2D eigenvalue weighted by Gasteiger charge is 2.14. The molecule has 0 spiro atoms. The number of nitrogens with two attached hydrogens (primary N) is 1. The molecule has 1 amide bonds. The van der Waals surface area contributed by atoms with Crippen LogP contribution in [-0.4, -0.2) is 19.6 Å². The molecule has 4 nitrogen and oxygen atoms in total. The Balaban J connectivity index is 2.63. The van der Waals surface area contributed by atoms with E-state index in [0.717, 1.165) is 11.3 Å². The van der Waals surface area contributed by atoms with E-state index in [-0.39, 0.29) is 17.9 Å². The number of hydrogen-bond donors (Lipinski definition) is 2. The number of methoxy groups -OCH3 is 1. The molecule has 94 valence electrons. The molecule has 3 N–H and O–H groups in total. The summed E-state index contributed by atoms with van der Waals surface area (Å²) in [6, 6.07) is 7.62. The summed E-state index contributed by atoms with van der Waals surface area (Å²) in [7, 11) is 1.63. The fourth-order valence-electron chi connectivity index (χ4n) is 1.44. The van der Waals surface area contributed by atoms with Crippen LogP contribution in [0.2, 0.25) is 0 Å². The zero-order chi connectivity index (χ0) is 12.8. The summed E-state index contributed by atoms with van der Waals surface area (Å²) in [5.74, 6) is 0.633. The molecular formula is C13H20N2O2. The third-order valence-corrected chi connectivity index (χ3v) is 2.78. The van der Waals surface area contributed by atoms with E-state index in [1.54, 1.807) is 7.11 Å². The van der Waals surface area contributed by atoms with Gasteiger partial charge in [0.25, 0.3) is 0 Å². The summed E-state index contributed by atoms with van der Waals surface area (Å²) < 4.78 is 5.08. The Morgan fingerprint density at radius 3 is 2.41 bits per heavy atom. The van der Waals surface area contributed by atoms with E-state index >= 15 is 0 Å². The molecule has 2 atom stereocenters. The van der Waals surface area contributed by atoms with Gasteiger partial charge in [0.1, 0.15) is 5.75 Å². The molecule has 0 fully saturated rings. The number of benzene rings is 1. The van der Waals surface area contributed by atoms with Crippen molar-refractivity contribution in [1.29, 1.82) is 0 Å². The standard InChI is InChI=1S/C13H20N2O2/c1-9(8-14)13(16)15-10(2)11-4-6-12(17-3)7-5-11/h4-7,9-10H,8,14H2,1-3H3,(H,15,16)/t9?,10-/m0/s1. The lowest BCUT2D eigenvalue weighted by atomic mass is 10.1. The summed E-state index contributed by atoms with van der Waals surface area (Å²) in [6.07, 6.45) is 0. The van der Waals surface area contributed by atoms with Gasteiger partial charge in [-0.1, -0.05) is 19.1 Å². The Hall–Kier alpha value is -1.55. The summed E-state index contributed by atoms with van der Waals surface area (Å²) in [4.78, 5) is 11.7. The van der Waals surface area contributed by atoms with Gasteiger partial charge in [-0.3, -0.25) is 4.79 Å². The fourth-order valence-corrected chi connectivity index (χ4v) is 1.44. The molecule has 0 heterocycles. The molecule has 4 heteroatoms. The van der Waals surface area contributed by atoms with Gasteiger partial charge in [-0.05, 0) is 24.6 Å². The number of carbonyl (C=O) groups is 1. The van der Waals surface area contributed by atoms with E-state index in [4.69, 9.17) is 10.5 Å². The van der Waals surface area contributed by atoms with Crippen molar-refractivity contribution in [2.24, 2.45) is 11.7 Å². The molecule has 1 aromatic carbocycles. The van der Waals surface area contributed by atoms with Crippen LogP contribution in [0.15, 0.2) is 24.3 Å². The lowest BCUT2D eigenvalue weighted by molar-refractivity contribution is -0.124. The van der Waals surface area contributed by atoms with Gasteiger partial charge in [-0.15, -0.1) is 0 Å². The molecule has 17 heavy (non-hydrogen) atoms. The van der Waals surface area contributed by atoms with Crippen molar-refractivity contribution in [3.05, 3.63) is 29.8 Å². The molecule has 0 radical (unpaired) electrons. The van der Waals surface area contributed by atoms with Gasteiger partial charge in [0.15, 0.2) is 0 Å². The average Bonchev–Trinajstić information content (AvgIpc) is 2.37. The van der Waals surface area contributed by atoms with Crippen LogP contribution >= 0.6 is 0 Å². The van der Waals surface area contributed by atoms with Gasteiger partial charge < -0.3 is 15.8 Å². The van der Waals surface area contributed by atoms with Crippen LogP contribution in [0.4, 0.5) is 0 Å². The van der Waals surface area contributed by atoms with E-state index in [1.165, 1.54) is 0 Å². The van der Waals surface area contributed by atoms with Gasteiger partial charge in [-0.25, -0.2) is 0 Å². The van der Waals surface area contributed by atoms with Gasteiger partial charge in [0, 0.05) is 12.5 Å². The molecule has 0 bridgehead atoms.